The predicted octanol–water partition coefficient (Wildman–Crippen LogP) is 2.69. The second kappa shape index (κ2) is 6.65. The standard InChI is InChI=1S/C13H18N2O3S/c1-2-18-12(17)11(16)15-13-14-10(8-19-13)9-6-4-3-5-7-9/h8-9H,2-7H2,1H3,(H,14,15,16). The topological polar surface area (TPSA) is 68.3 Å². The summed E-state index contributed by atoms with van der Waals surface area (Å²) in [7, 11) is 0. The lowest BCUT2D eigenvalue weighted by molar-refractivity contribution is -0.152. The molecule has 1 aliphatic rings. The summed E-state index contributed by atoms with van der Waals surface area (Å²) in [4.78, 5) is 27.1. The van der Waals surface area contributed by atoms with Crippen LogP contribution in [-0.2, 0) is 14.3 Å². The highest BCUT2D eigenvalue weighted by molar-refractivity contribution is 7.14. The molecule has 0 unspecified atom stereocenters. The number of hydrogen-bond donors (Lipinski definition) is 1. The number of carbonyl (C=O) groups is 2. The summed E-state index contributed by atoms with van der Waals surface area (Å²) in [6, 6.07) is 0. The summed E-state index contributed by atoms with van der Waals surface area (Å²) in [5.74, 6) is -1.12. The number of nitrogens with one attached hydrogen (secondary N) is 1. The van der Waals surface area contributed by atoms with Gasteiger partial charge in [0.1, 0.15) is 0 Å². The Morgan fingerprint density at radius 1 is 1.42 bits per heavy atom. The van der Waals surface area contributed by atoms with Crippen LogP contribution in [0.25, 0.3) is 0 Å². The first-order valence-corrected chi connectivity index (χ1v) is 7.52. The molecule has 1 aromatic heterocycles. The molecule has 1 amide bonds. The lowest BCUT2D eigenvalue weighted by atomic mass is 9.87. The number of carbonyl (C=O) groups excluding carboxylic acids is 2. The van der Waals surface area contributed by atoms with Crippen LogP contribution in [0.3, 0.4) is 0 Å². The van der Waals surface area contributed by atoms with Crippen molar-refractivity contribution < 1.29 is 14.3 Å². The maximum atomic E-state index is 11.5. The lowest BCUT2D eigenvalue weighted by Gasteiger charge is -2.19. The van der Waals surface area contributed by atoms with Gasteiger partial charge in [0.15, 0.2) is 5.13 Å². The van der Waals surface area contributed by atoms with E-state index in [1.807, 2.05) is 5.38 Å². The van der Waals surface area contributed by atoms with E-state index in [1.165, 1.54) is 30.6 Å². The molecule has 0 spiro atoms. The molecule has 0 atom stereocenters. The zero-order chi connectivity index (χ0) is 13.7. The van der Waals surface area contributed by atoms with E-state index in [0.717, 1.165) is 18.5 Å². The number of hydrogen-bond acceptors (Lipinski definition) is 5. The van der Waals surface area contributed by atoms with Crippen LogP contribution in [-0.4, -0.2) is 23.5 Å². The zero-order valence-corrected chi connectivity index (χ0v) is 11.8. The molecule has 1 N–H and O–H groups in total. The summed E-state index contributed by atoms with van der Waals surface area (Å²) >= 11 is 1.36. The first-order valence-electron chi connectivity index (χ1n) is 6.64. The number of thiazole rings is 1. The molecule has 1 aliphatic carbocycles. The quantitative estimate of drug-likeness (QED) is 0.683. The van der Waals surface area contributed by atoms with Crippen molar-refractivity contribution in [3.8, 4) is 0 Å². The van der Waals surface area contributed by atoms with Crippen LogP contribution in [0.15, 0.2) is 5.38 Å². The van der Waals surface area contributed by atoms with Gasteiger partial charge in [-0.1, -0.05) is 19.3 Å². The third-order valence-corrected chi connectivity index (χ3v) is 4.00. The summed E-state index contributed by atoms with van der Waals surface area (Å²) in [6.45, 7) is 1.85. The van der Waals surface area contributed by atoms with Crippen LogP contribution in [0, 0.1) is 0 Å². The van der Waals surface area contributed by atoms with E-state index < -0.39 is 11.9 Å². The largest absolute Gasteiger partial charge is 0.459 e. The number of aromatic nitrogens is 1. The molecule has 0 aliphatic heterocycles. The molecule has 104 valence electrons. The van der Waals surface area contributed by atoms with Crippen molar-refractivity contribution in [2.75, 3.05) is 11.9 Å². The van der Waals surface area contributed by atoms with Gasteiger partial charge in [0.05, 0.1) is 12.3 Å². The summed E-state index contributed by atoms with van der Waals surface area (Å²) < 4.78 is 4.62. The van der Waals surface area contributed by atoms with E-state index in [0.29, 0.717) is 11.0 Å². The molecule has 1 heterocycles. The maximum Gasteiger partial charge on any atom is 0.397 e. The Labute approximate surface area is 116 Å². The molecule has 1 aromatic rings. The van der Waals surface area contributed by atoms with Gasteiger partial charge in [-0.3, -0.25) is 10.1 Å². The summed E-state index contributed by atoms with van der Waals surface area (Å²) in [5, 5.41) is 4.92. The molecule has 0 radical (unpaired) electrons. The van der Waals surface area contributed by atoms with Crippen molar-refractivity contribution >= 4 is 28.3 Å². The smallest absolute Gasteiger partial charge is 0.397 e. The highest BCUT2D eigenvalue weighted by Gasteiger charge is 2.20. The third kappa shape index (κ3) is 3.76. The van der Waals surface area contributed by atoms with E-state index in [4.69, 9.17) is 0 Å². The number of esters is 1. The summed E-state index contributed by atoms with van der Waals surface area (Å²) in [6.07, 6.45) is 6.11. The molecule has 19 heavy (non-hydrogen) atoms. The maximum absolute atomic E-state index is 11.5. The van der Waals surface area contributed by atoms with Gasteiger partial charge in [0.2, 0.25) is 0 Å². The highest BCUT2D eigenvalue weighted by Crippen LogP contribution is 2.33. The minimum atomic E-state index is -0.864. The van der Waals surface area contributed by atoms with E-state index in [1.54, 1.807) is 6.92 Å². The van der Waals surface area contributed by atoms with Gasteiger partial charge < -0.3 is 4.74 Å². The van der Waals surface area contributed by atoms with Crippen LogP contribution >= 0.6 is 11.3 Å². The van der Waals surface area contributed by atoms with Crippen molar-refractivity contribution in [1.82, 2.24) is 4.98 Å². The molecule has 1 saturated carbocycles. The monoisotopic (exact) mass is 282 g/mol. The molecule has 0 saturated heterocycles. The third-order valence-electron chi connectivity index (χ3n) is 3.23. The molecule has 0 bridgehead atoms. The Morgan fingerprint density at radius 3 is 2.84 bits per heavy atom. The van der Waals surface area contributed by atoms with Crippen LogP contribution in [0.5, 0.6) is 0 Å². The fourth-order valence-electron chi connectivity index (χ4n) is 2.27. The molecule has 2 rings (SSSR count). The average molecular weight is 282 g/mol. The van der Waals surface area contributed by atoms with Gasteiger partial charge in [-0.15, -0.1) is 11.3 Å². The number of anilines is 1. The molecule has 6 heteroatoms. The molecular weight excluding hydrogens is 264 g/mol. The van der Waals surface area contributed by atoms with Crippen molar-refractivity contribution in [2.45, 2.75) is 44.9 Å². The van der Waals surface area contributed by atoms with Crippen LogP contribution in [0.1, 0.15) is 50.6 Å². The average Bonchev–Trinajstić information content (AvgIpc) is 2.88. The highest BCUT2D eigenvalue weighted by atomic mass is 32.1. The predicted molar refractivity (Wildman–Crippen MR) is 73.2 cm³/mol. The van der Waals surface area contributed by atoms with Gasteiger partial charge in [-0.2, -0.15) is 0 Å². The number of ether oxygens (including phenoxy) is 1. The van der Waals surface area contributed by atoms with E-state index >= 15 is 0 Å². The van der Waals surface area contributed by atoms with Crippen molar-refractivity contribution in [2.24, 2.45) is 0 Å². The Balaban J connectivity index is 1.93. The minimum Gasteiger partial charge on any atom is -0.459 e. The van der Waals surface area contributed by atoms with Gasteiger partial charge in [0.25, 0.3) is 0 Å². The number of nitrogens with zero attached hydrogens (tertiary/aromatic N) is 1. The van der Waals surface area contributed by atoms with Gasteiger partial charge >= 0.3 is 11.9 Å². The van der Waals surface area contributed by atoms with Gasteiger partial charge in [0, 0.05) is 11.3 Å². The van der Waals surface area contributed by atoms with Gasteiger partial charge in [-0.05, 0) is 19.8 Å². The summed E-state index contributed by atoms with van der Waals surface area (Å²) in [5.41, 5.74) is 1.03. The van der Waals surface area contributed by atoms with Crippen LogP contribution < -0.4 is 5.32 Å². The van der Waals surface area contributed by atoms with E-state index in [9.17, 15) is 9.59 Å². The van der Waals surface area contributed by atoms with Crippen molar-refractivity contribution in [3.63, 3.8) is 0 Å². The lowest BCUT2D eigenvalue weighted by Crippen LogP contribution is -2.24. The molecular formula is C13H18N2O3S. The molecule has 5 nitrogen and oxygen atoms in total. The normalized spacial score (nSPS) is 16.1. The van der Waals surface area contributed by atoms with Gasteiger partial charge in [-0.25, -0.2) is 9.78 Å². The Kier molecular flexibility index (Phi) is 4.90. The fraction of sp³-hybridized carbons (Fsp3) is 0.615. The minimum absolute atomic E-state index is 0.192. The van der Waals surface area contributed by atoms with Crippen molar-refractivity contribution in [3.05, 3.63) is 11.1 Å². The van der Waals surface area contributed by atoms with E-state index in [2.05, 4.69) is 15.0 Å². The Hall–Kier alpha value is -1.43. The Morgan fingerprint density at radius 2 is 2.16 bits per heavy atom. The van der Waals surface area contributed by atoms with E-state index in [-0.39, 0.29) is 6.61 Å². The van der Waals surface area contributed by atoms with Crippen LogP contribution in [0.4, 0.5) is 5.13 Å². The zero-order valence-electron chi connectivity index (χ0n) is 11.0. The first kappa shape index (κ1) is 14.0. The number of amides is 1. The molecule has 0 aromatic carbocycles. The van der Waals surface area contributed by atoms with Crippen LogP contribution in [0.2, 0.25) is 0 Å². The fourth-order valence-corrected chi connectivity index (χ4v) is 3.06. The second-order valence-electron chi connectivity index (χ2n) is 4.59. The molecule has 1 fully saturated rings. The Bertz CT molecular complexity index is 452. The number of rotatable bonds is 3. The first-order chi connectivity index (χ1) is 9.20. The second-order valence-corrected chi connectivity index (χ2v) is 5.45. The SMILES string of the molecule is CCOC(=O)C(=O)Nc1nc(C2CCCCC2)cs1. The van der Waals surface area contributed by atoms with Crippen molar-refractivity contribution in [1.29, 1.82) is 0 Å².